The van der Waals surface area contributed by atoms with Crippen LogP contribution in [-0.2, 0) is 6.61 Å². The van der Waals surface area contributed by atoms with Gasteiger partial charge in [-0.05, 0) is 18.6 Å². The van der Waals surface area contributed by atoms with Crippen molar-refractivity contribution in [2.45, 2.75) is 20.0 Å². The highest BCUT2D eigenvalue weighted by Crippen LogP contribution is 2.31. The van der Waals surface area contributed by atoms with Gasteiger partial charge >= 0.3 is 5.69 Å². The maximum atomic E-state index is 11.1. The number of hydrogen-bond acceptors (Lipinski definition) is 7. The van der Waals surface area contributed by atoms with E-state index in [2.05, 4.69) is 15.3 Å². The summed E-state index contributed by atoms with van der Waals surface area (Å²) in [5.74, 6) is 0.627. The minimum absolute atomic E-state index is 0.0675. The second kappa shape index (κ2) is 6.50. The smallest absolute Gasteiger partial charge is 0.372 e. The molecule has 8 heteroatoms. The van der Waals surface area contributed by atoms with Crippen molar-refractivity contribution in [3.05, 3.63) is 40.6 Å². The Kier molecular flexibility index (Phi) is 4.48. The molecule has 2 heterocycles. The van der Waals surface area contributed by atoms with Crippen LogP contribution in [0.15, 0.2) is 29.1 Å². The average Bonchev–Trinajstić information content (AvgIpc) is 2.95. The summed E-state index contributed by atoms with van der Waals surface area (Å²) in [5.41, 5.74) is -0.271. The molecule has 0 unspecified atom stereocenters. The summed E-state index contributed by atoms with van der Waals surface area (Å²) in [4.78, 5) is 18.3. The number of rotatable bonds is 7. The molecule has 106 valence electrons. The molecule has 8 nitrogen and oxygen atoms in total. The number of hydrogen-bond donors (Lipinski definition) is 1. The molecule has 0 aliphatic carbocycles. The fourth-order valence-corrected chi connectivity index (χ4v) is 1.54. The molecular weight excluding hydrogens is 264 g/mol. The number of ether oxygens (including phenoxy) is 1. The fraction of sp³-hybridized carbons (Fsp3) is 0.333. The second-order valence-corrected chi connectivity index (χ2v) is 3.93. The van der Waals surface area contributed by atoms with Gasteiger partial charge < -0.3 is 14.5 Å². The Morgan fingerprint density at radius 2 is 2.35 bits per heavy atom. The van der Waals surface area contributed by atoms with Gasteiger partial charge in [0.2, 0.25) is 5.82 Å². The maximum absolute atomic E-state index is 11.1. The quantitative estimate of drug-likeness (QED) is 0.612. The Morgan fingerprint density at radius 1 is 1.50 bits per heavy atom. The minimum atomic E-state index is -0.560. The summed E-state index contributed by atoms with van der Waals surface area (Å²) in [5, 5.41) is 14.0. The van der Waals surface area contributed by atoms with E-state index in [0.29, 0.717) is 12.3 Å². The molecule has 0 atom stereocenters. The Labute approximate surface area is 114 Å². The van der Waals surface area contributed by atoms with E-state index in [0.717, 1.165) is 6.42 Å². The number of aromatic nitrogens is 2. The van der Waals surface area contributed by atoms with Gasteiger partial charge in [-0.2, -0.15) is 4.98 Å². The first-order valence-corrected chi connectivity index (χ1v) is 6.10. The second-order valence-electron chi connectivity index (χ2n) is 3.93. The van der Waals surface area contributed by atoms with Crippen LogP contribution >= 0.6 is 0 Å². The van der Waals surface area contributed by atoms with E-state index in [1.165, 1.54) is 12.6 Å². The van der Waals surface area contributed by atoms with Crippen LogP contribution in [0.4, 0.5) is 11.5 Å². The monoisotopic (exact) mass is 278 g/mol. The lowest BCUT2D eigenvalue weighted by Crippen LogP contribution is -2.08. The molecule has 0 fully saturated rings. The molecule has 0 aliphatic heterocycles. The van der Waals surface area contributed by atoms with Crippen molar-refractivity contribution >= 4 is 11.5 Å². The Morgan fingerprint density at radius 3 is 3.00 bits per heavy atom. The third-order valence-corrected chi connectivity index (χ3v) is 2.44. The number of nitro groups is 1. The van der Waals surface area contributed by atoms with Gasteiger partial charge in [-0.3, -0.25) is 10.1 Å². The predicted octanol–water partition coefficient (Wildman–Crippen LogP) is 2.38. The lowest BCUT2D eigenvalue weighted by Gasteiger charge is -2.08. The molecule has 2 aromatic rings. The summed E-state index contributed by atoms with van der Waals surface area (Å²) in [6.07, 6.45) is 3.55. The normalized spacial score (nSPS) is 10.2. The molecule has 0 saturated carbocycles. The van der Waals surface area contributed by atoms with E-state index in [1.54, 1.807) is 12.1 Å². The molecule has 0 saturated heterocycles. The number of furan rings is 1. The first-order valence-electron chi connectivity index (χ1n) is 6.10. The molecule has 1 N–H and O–H groups in total. The SMILES string of the molecule is CCCNc1ncnc(OCc2ccco2)c1[N+](=O)[O-]. The number of nitrogens with zero attached hydrogens (tertiary/aromatic N) is 3. The van der Waals surface area contributed by atoms with E-state index >= 15 is 0 Å². The Bertz CT molecular complexity index is 571. The van der Waals surface area contributed by atoms with E-state index < -0.39 is 4.92 Å². The standard InChI is InChI=1S/C12H14N4O4/c1-2-5-13-11-10(16(17)18)12(15-8-14-11)20-7-9-4-3-6-19-9/h3-4,6,8H,2,5,7H2,1H3,(H,13,14,15). The van der Waals surface area contributed by atoms with Gasteiger partial charge in [0.05, 0.1) is 11.2 Å². The summed E-state index contributed by atoms with van der Waals surface area (Å²) in [6, 6.07) is 3.42. The highest BCUT2D eigenvalue weighted by atomic mass is 16.6. The topological polar surface area (TPSA) is 103 Å². The van der Waals surface area contributed by atoms with Gasteiger partial charge in [-0.1, -0.05) is 6.92 Å². The van der Waals surface area contributed by atoms with Crippen molar-refractivity contribution < 1.29 is 14.1 Å². The first-order chi connectivity index (χ1) is 9.72. The lowest BCUT2D eigenvalue weighted by atomic mass is 10.4. The number of anilines is 1. The highest BCUT2D eigenvalue weighted by Gasteiger charge is 2.24. The maximum Gasteiger partial charge on any atom is 0.372 e. The Hall–Kier alpha value is -2.64. The average molecular weight is 278 g/mol. The van der Waals surface area contributed by atoms with E-state index in [-0.39, 0.29) is 24.0 Å². The van der Waals surface area contributed by atoms with Crippen molar-refractivity contribution in [1.82, 2.24) is 9.97 Å². The highest BCUT2D eigenvalue weighted by molar-refractivity contribution is 5.61. The van der Waals surface area contributed by atoms with E-state index in [4.69, 9.17) is 9.15 Å². The molecule has 0 radical (unpaired) electrons. The Balaban J connectivity index is 2.20. The summed E-state index contributed by atoms with van der Waals surface area (Å²) < 4.78 is 10.4. The minimum Gasteiger partial charge on any atom is -0.466 e. The summed E-state index contributed by atoms with van der Waals surface area (Å²) >= 11 is 0. The molecule has 0 amide bonds. The largest absolute Gasteiger partial charge is 0.466 e. The lowest BCUT2D eigenvalue weighted by molar-refractivity contribution is -0.385. The van der Waals surface area contributed by atoms with Crippen LogP contribution in [-0.4, -0.2) is 21.4 Å². The van der Waals surface area contributed by atoms with Gasteiger partial charge in [0.15, 0.2) is 0 Å². The molecule has 0 spiro atoms. The third kappa shape index (κ3) is 3.22. The van der Waals surface area contributed by atoms with Crippen LogP contribution in [0, 0.1) is 10.1 Å². The predicted molar refractivity (Wildman–Crippen MR) is 70.5 cm³/mol. The van der Waals surface area contributed by atoms with Gasteiger partial charge in [-0.25, -0.2) is 4.98 Å². The van der Waals surface area contributed by atoms with Crippen molar-refractivity contribution in [3.63, 3.8) is 0 Å². The van der Waals surface area contributed by atoms with Gasteiger partial charge in [0.25, 0.3) is 5.88 Å². The summed E-state index contributed by atoms with van der Waals surface area (Å²) in [7, 11) is 0. The zero-order valence-corrected chi connectivity index (χ0v) is 10.9. The molecule has 0 aromatic carbocycles. The number of nitrogens with one attached hydrogen (secondary N) is 1. The van der Waals surface area contributed by atoms with Crippen LogP contribution < -0.4 is 10.1 Å². The molecule has 2 rings (SSSR count). The van der Waals surface area contributed by atoms with Crippen molar-refractivity contribution in [1.29, 1.82) is 0 Å². The fourth-order valence-electron chi connectivity index (χ4n) is 1.54. The van der Waals surface area contributed by atoms with Crippen molar-refractivity contribution in [3.8, 4) is 5.88 Å². The van der Waals surface area contributed by atoms with Gasteiger partial charge in [0, 0.05) is 6.54 Å². The van der Waals surface area contributed by atoms with E-state index in [9.17, 15) is 10.1 Å². The zero-order chi connectivity index (χ0) is 14.4. The van der Waals surface area contributed by atoms with Crippen molar-refractivity contribution in [2.75, 3.05) is 11.9 Å². The van der Waals surface area contributed by atoms with Crippen molar-refractivity contribution in [2.24, 2.45) is 0 Å². The first kappa shape index (κ1) is 13.8. The van der Waals surface area contributed by atoms with Crippen LogP contribution in [0.25, 0.3) is 0 Å². The van der Waals surface area contributed by atoms with Crippen LogP contribution in [0.5, 0.6) is 5.88 Å². The molecule has 20 heavy (non-hydrogen) atoms. The van der Waals surface area contributed by atoms with Crippen LogP contribution in [0.2, 0.25) is 0 Å². The zero-order valence-electron chi connectivity index (χ0n) is 10.9. The molecule has 2 aromatic heterocycles. The van der Waals surface area contributed by atoms with Crippen LogP contribution in [0.1, 0.15) is 19.1 Å². The van der Waals surface area contributed by atoms with E-state index in [1.807, 2.05) is 6.92 Å². The van der Waals surface area contributed by atoms with Gasteiger partial charge in [-0.15, -0.1) is 0 Å². The molecular formula is C12H14N4O4. The van der Waals surface area contributed by atoms with Gasteiger partial charge in [0.1, 0.15) is 18.7 Å². The summed E-state index contributed by atoms with van der Waals surface area (Å²) in [6.45, 7) is 2.60. The third-order valence-electron chi connectivity index (χ3n) is 2.44. The molecule has 0 aliphatic rings. The molecule has 0 bridgehead atoms. The van der Waals surface area contributed by atoms with Crippen LogP contribution in [0.3, 0.4) is 0 Å².